The van der Waals surface area contributed by atoms with E-state index in [0.29, 0.717) is 10.5 Å². The number of fused-ring (bicyclic) bond motifs is 1. The normalized spacial score (nSPS) is 9.62. The van der Waals surface area contributed by atoms with E-state index in [9.17, 15) is 5.11 Å². The van der Waals surface area contributed by atoms with Crippen molar-refractivity contribution in [3.8, 4) is 5.75 Å². The van der Waals surface area contributed by atoms with Crippen LogP contribution >= 0.6 is 11.6 Å². The van der Waals surface area contributed by atoms with Crippen LogP contribution in [0.15, 0.2) is 30.5 Å². The molecule has 0 unspecified atom stereocenters. The van der Waals surface area contributed by atoms with Gasteiger partial charge in [0, 0.05) is 28.7 Å². The summed E-state index contributed by atoms with van der Waals surface area (Å²) in [5, 5.41) is 10.8. The molecule has 0 fully saturated rings. The summed E-state index contributed by atoms with van der Waals surface area (Å²) in [7, 11) is 0. The Morgan fingerprint density at radius 3 is 2.69 bits per heavy atom. The molecule has 0 atom stereocenters. The van der Waals surface area contributed by atoms with Crippen LogP contribution in [0.1, 0.15) is 0 Å². The summed E-state index contributed by atoms with van der Waals surface area (Å²) in [6, 6.07) is 6.80. The van der Waals surface area contributed by atoms with Gasteiger partial charge < -0.3 is 5.11 Å². The molecule has 1 heterocycles. The fourth-order valence-electron chi connectivity index (χ4n) is 1.12. The molecule has 13 heavy (non-hydrogen) atoms. The third-order valence-corrected chi connectivity index (χ3v) is 2.02. The number of hydrogen-bond acceptors (Lipinski definition) is 2. The molecule has 1 N–H and O–H groups in total. The molecule has 0 aliphatic heterocycles. The molecule has 0 aliphatic rings. The smallest absolute Gasteiger partial charge is 0.141 e. The van der Waals surface area contributed by atoms with Crippen molar-refractivity contribution >= 4 is 22.5 Å². The first-order chi connectivity index (χ1) is 5.79. The topological polar surface area (TPSA) is 33.1 Å². The number of aromatic nitrogens is 1. The monoisotopic (exact) mass is 235 g/mol. The Balaban J connectivity index is 0.000000845. The van der Waals surface area contributed by atoms with Crippen molar-refractivity contribution in [1.82, 2.24) is 4.98 Å². The summed E-state index contributed by atoms with van der Waals surface area (Å²) in [6.07, 6.45) is 1.62. The van der Waals surface area contributed by atoms with E-state index in [-0.39, 0.29) is 22.8 Å². The molecule has 0 amide bonds. The Labute approximate surface area is 91.0 Å². The second-order valence-electron chi connectivity index (χ2n) is 2.47. The van der Waals surface area contributed by atoms with Crippen molar-refractivity contribution in [1.29, 1.82) is 0 Å². The van der Waals surface area contributed by atoms with E-state index in [4.69, 9.17) is 11.6 Å². The first kappa shape index (κ1) is 10.3. The van der Waals surface area contributed by atoms with E-state index >= 15 is 0 Å². The molecule has 0 aliphatic carbocycles. The standard InChI is InChI=1S/C9H6ClNO.Fe/c10-7-3-4-8(12)9-6(7)2-1-5-11-9;/h1-5,12H;. The number of benzene rings is 1. The van der Waals surface area contributed by atoms with Gasteiger partial charge in [-0.25, -0.2) is 0 Å². The maximum absolute atomic E-state index is 9.37. The quantitative estimate of drug-likeness (QED) is 0.712. The zero-order chi connectivity index (χ0) is 8.55. The largest absolute Gasteiger partial charge is 0.506 e. The van der Waals surface area contributed by atoms with Crippen molar-refractivity contribution < 1.29 is 22.2 Å². The molecule has 1 aromatic heterocycles. The third-order valence-electron chi connectivity index (χ3n) is 1.70. The number of phenols is 1. The second-order valence-corrected chi connectivity index (χ2v) is 2.87. The Morgan fingerprint density at radius 1 is 1.23 bits per heavy atom. The Bertz CT molecular complexity index is 392. The maximum atomic E-state index is 9.37. The average molecular weight is 235 g/mol. The first-order valence-electron chi connectivity index (χ1n) is 3.51. The average Bonchev–Trinajstić information content (AvgIpc) is 2.12. The number of nitrogens with zero attached hydrogens (tertiary/aromatic N) is 1. The molecule has 0 saturated heterocycles. The summed E-state index contributed by atoms with van der Waals surface area (Å²) in [5.74, 6) is 0.162. The van der Waals surface area contributed by atoms with Crippen molar-refractivity contribution in [3.05, 3.63) is 35.5 Å². The van der Waals surface area contributed by atoms with Gasteiger partial charge in [-0.1, -0.05) is 11.6 Å². The molecule has 0 bridgehead atoms. The fraction of sp³-hybridized carbons (Fsp3) is 0. The molecule has 68 valence electrons. The van der Waals surface area contributed by atoms with Crippen LogP contribution in [-0.4, -0.2) is 10.1 Å². The summed E-state index contributed by atoms with van der Waals surface area (Å²) >= 11 is 5.88. The minimum atomic E-state index is 0. The number of aromatic hydroxyl groups is 1. The Morgan fingerprint density at radius 2 is 2.00 bits per heavy atom. The van der Waals surface area contributed by atoms with Crippen LogP contribution in [0.2, 0.25) is 5.02 Å². The van der Waals surface area contributed by atoms with Crippen molar-refractivity contribution in [2.24, 2.45) is 0 Å². The number of pyridine rings is 1. The van der Waals surface area contributed by atoms with Crippen molar-refractivity contribution in [2.75, 3.05) is 0 Å². The molecule has 0 saturated carbocycles. The van der Waals surface area contributed by atoms with Crippen molar-refractivity contribution in [2.45, 2.75) is 0 Å². The van der Waals surface area contributed by atoms with Crippen LogP contribution in [0.3, 0.4) is 0 Å². The van der Waals surface area contributed by atoms with E-state index in [0.717, 1.165) is 5.39 Å². The molecule has 1 aromatic carbocycles. The number of rotatable bonds is 0. The van der Waals surface area contributed by atoms with Gasteiger partial charge in [0.2, 0.25) is 0 Å². The predicted octanol–water partition coefficient (Wildman–Crippen LogP) is 2.59. The van der Waals surface area contributed by atoms with E-state index in [1.165, 1.54) is 6.07 Å². The second kappa shape index (κ2) is 3.97. The molecule has 0 spiro atoms. The van der Waals surface area contributed by atoms with E-state index in [2.05, 4.69) is 4.98 Å². The fourth-order valence-corrected chi connectivity index (χ4v) is 1.34. The van der Waals surface area contributed by atoms with Crippen LogP contribution in [0.4, 0.5) is 0 Å². The zero-order valence-corrected chi connectivity index (χ0v) is 8.37. The summed E-state index contributed by atoms with van der Waals surface area (Å²) in [5.41, 5.74) is 0.546. The zero-order valence-electron chi connectivity index (χ0n) is 6.51. The van der Waals surface area contributed by atoms with Gasteiger partial charge in [-0.15, -0.1) is 0 Å². The van der Waals surface area contributed by atoms with Crippen LogP contribution in [0.5, 0.6) is 5.75 Å². The molecule has 0 radical (unpaired) electrons. The van der Waals surface area contributed by atoms with E-state index < -0.39 is 0 Å². The third kappa shape index (κ3) is 1.78. The molecule has 2 rings (SSSR count). The number of halogens is 1. The van der Waals surface area contributed by atoms with Gasteiger partial charge in [0.15, 0.2) is 0 Å². The van der Waals surface area contributed by atoms with Crippen LogP contribution in [0.25, 0.3) is 10.9 Å². The Kier molecular flexibility index (Phi) is 3.15. The Hall–Kier alpha value is -0.761. The van der Waals surface area contributed by atoms with Crippen molar-refractivity contribution in [3.63, 3.8) is 0 Å². The minimum absolute atomic E-state index is 0. The van der Waals surface area contributed by atoms with Gasteiger partial charge in [-0.05, 0) is 24.3 Å². The minimum Gasteiger partial charge on any atom is -0.506 e. The first-order valence-corrected chi connectivity index (χ1v) is 3.89. The van der Waals surface area contributed by atoms with Crippen LogP contribution in [-0.2, 0) is 17.1 Å². The van der Waals surface area contributed by atoms with Crippen LogP contribution in [0, 0.1) is 0 Å². The summed E-state index contributed by atoms with van der Waals surface area (Å²) < 4.78 is 0. The van der Waals surface area contributed by atoms with Gasteiger partial charge in [-0.3, -0.25) is 4.98 Å². The number of phenolic OH excluding ortho intramolecular Hbond substituents is 1. The summed E-state index contributed by atoms with van der Waals surface area (Å²) in [6.45, 7) is 0. The SMILES string of the molecule is Oc1ccc(Cl)c2cccnc12.[Fe]. The maximum Gasteiger partial charge on any atom is 0.141 e. The van der Waals surface area contributed by atoms with E-state index in [1.54, 1.807) is 18.3 Å². The van der Waals surface area contributed by atoms with Crippen LogP contribution < -0.4 is 0 Å². The molecular formula is C9H6ClFeNO. The molecule has 2 nitrogen and oxygen atoms in total. The van der Waals surface area contributed by atoms with Gasteiger partial charge in [-0.2, -0.15) is 0 Å². The molecule has 2 aromatic rings. The van der Waals surface area contributed by atoms with Gasteiger partial charge in [0.25, 0.3) is 0 Å². The predicted molar refractivity (Wildman–Crippen MR) is 48.4 cm³/mol. The molecular weight excluding hydrogens is 229 g/mol. The summed E-state index contributed by atoms with van der Waals surface area (Å²) in [4.78, 5) is 4.01. The van der Waals surface area contributed by atoms with Gasteiger partial charge in [0.1, 0.15) is 11.3 Å². The van der Waals surface area contributed by atoms with Gasteiger partial charge >= 0.3 is 0 Å². The molecule has 4 heteroatoms. The van der Waals surface area contributed by atoms with Gasteiger partial charge in [0.05, 0.1) is 5.02 Å². The number of hydrogen-bond donors (Lipinski definition) is 1. The van der Waals surface area contributed by atoms with E-state index in [1.807, 2.05) is 6.07 Å².